The van der Waals surface area contributed by atoms with E-state index in [-0.39, 0.29) is 29.2 Å². The molecule has 1 aliphatic rings. The fourth-order valence-electron chi connectivity index (χ4n) is 3.20. The summed E-state index contributed by atoms with van der Waals surface area (Å²) in [5, 5.41) is 2.77. The van der Waals surface area contributed by atoms with Crippen LogP contribution < -0.4 is 14.9 Å². The van der Waals surface area contributed by atoms with E-state index in [2.05, 4.69) is 10.0 Å². The first-order chi connectivity index (χ1) is 13.7. The van der Waals surface area contributed by atoms with Crippen molar-refractivity contribution in [2.75, 3.05) is 16.8 Å². The Kier molecular flexibility index (Phi) is 6.34. The molecule has 1 heterocycles. The van der Waals surface area contributed by atoms with Crippen molar-refractivity contribution in [1.82, 2.24) is 4.72 Å². The van der Waals surface area contributed by atoms with E-state index in [0.29, 0.717) is 12.1 Å². The normalized spacial score (nSPS) is 14.4. The van der Waals surface area contributed by atoms with Crippen LogP contribution in [0, 0.1) is 0 Å². The second-order valence-electron chi connectivity index (χ2n) is 7.34. The highest BCUT2D eigenvalue weighted by molar-refractivity contribution is 7.89. The Morgan fingerprint density at radius 1 is 1.07 bits per heavy atom. The molecule has 0 radical (unpaired) electrons. The number of carbonyl (C=O) groups excluding carboxylic acids is 2. The van der Waals surface area contributed by atoms with Crippen LogP contribution in [0.1, 0.15) is 32.3 Å². The molecule has 2 amide bonds. The number of hydrogen-bond donors (Lipinski definition) is 2. The van der Waals surface area contributed by atoms with Crippen LogP contribution in [0.3, 0.4) is 0 Å². The summed E-state index contributed by atoms with van der Waals surface area (Å²) in [4.78, 5) is 26.0. The lowest BCUT2D eigenvalue weighted by Gasteiger charge is -2.16. The van der Waals surface area contributed by atoms with Gasteiger partial charge in [0.15, 0.2) is 0 Å². The second-order valence-corrected chi connectivity index (χ2v) is 9.05. The zero-order valence-electron chi connectivity index (χ0n) is 16.5. The lowest BCUT2D eigenvalue weighted by Crippen LogP contribution is -2.30. The molecule has 1 saturated heterocycles. The maximum absolute atomic E-state index is 12.3. The van der Waals surface area contributed by atoms with Gasteiger partial charge in [0.2, 0.25) is 21.8 Å². The van der Waals surface area contributed by atoms with Crippen LogP contribution in [0.25, 0.3) is 0 Å². The Morgan fingerprint density at radius 2 is 1.72 bits per heavy atom. The van der Waals surface area contributed by atoms with Crippen LogP contribution in [0.2, 0.25) is 0 Å². The van der Waals surface area contributed by atoms with E-state index in [1.807, 2.05) is 24.3 Å². The molecule has 7 nitrogen and oxygen atoms in total. The quantitative estimate of drug-likeness (QED) is 0.727. The Labute approximate surface area is 171 Å². The molecule has 0 aliphatic carbocycles. The van der Waals surface area contributed by atoms with Gasteiger partial charge < -0.3 is 10.2 Å². The predicted octanol–water partition coefficient (Wildman–Crippen LogP) is 2.68. The van der Waals surface area contributed by atoms with Gasteiger partial charge in [0.05, 0.1) is 11.3 Å². The van der Waals surface area contributed by atoms with Gasteiger partial charge in [-0.3, -0.25) is 9.59 Å². The monoisotopic (exact) mass is 415 g/mol. The fraction of sp³-hybridized carbons (Fsp3) is 0.333. The third-order valence-corrected chi connectivity index (χ3v) is 6.20. The first kappa shape index (κ1) is 21.0. The molecular formula is C21H25N3O4S. The van der Waals surface area contributed by atoms with Crippen LogP contribution >= 0.6 is 0 Å². The summed E-state index contributed by atoms with van der Waals surface area (Å²) < 4.78 is 26.8. The first-order valence-electron chi connectivity index (χ1n) is 9.56. The number of amides is 2. The summed E-state index contributed by atoms with van der Waals surface area (Å²) in [5.74, 6) is -0.0736. The smallest absolute Gasteiger partial charge is 0.240 e. The van der Waals surface area contributed by atoms with Gasteiger partial charge in [-0.05, 0) is 62.2 Å². The van der Waals surface area contributed by atoms with Crippen molar-refractivity contribution in [3.63, 3.8) is 0 Å². The van der Waals surface area contributed by atoms with Gasteiger partial charge in [0, 0.05) is 30.4 Å². The van der Waals surface area contributed by atoms with E-state index >= 15 is 0 Å². The van der Waals surface area contributed by atoms with E-state index in [1.54, 1.807) is 30.9 Å². The Balaban J connectivity index is 1.58. The summed E-state index contributed by atoms with van der Waals surface area (Å²) in [6, 6.07) is 13.2. The van der Waals surface area contributed by atoms with Gasteiger partial charge in [-0.2, -0.15) is 0 Å². The lowest BCUT2D eigenvalue weighted by molar-refractivity contribution is -0.117. The lowest BCUT2D eigenvalue weighted by atomic mass is 10.1. The standard InChI is InChI=1S/C21H25N3O4S/c1-15(2)23-29(27,28)19-11-7-17(8-12-19)22-20(25)14-16-5-9-18(10-6-16)24-13-3-4-21(24)26/h5-12,15,23H,3-4,13-14H2,1-2H3,(H,22,25). The summed E-state index contributed by atoms with van der Waals surface area (Å²) in [6.45, 7) is 4.24. The van der Waals surface area contributed by atoms with Gasteiger partial charge in [0.1, 0.15) is 0 Å². The highest BCUT2D eigenvalue weighted by Gasteiger charge is 2.21. The van der Waals surface area contributed by atoms with E-state index in [4.69, 9.17) is 0 Å². The van der Waals surface area contributed by atoms with Gasteiger partial charge in [-0.15, -0.1) is 0 Å². The van der Waals surface area contributed by atoms with Crippen molar-refractivity contribution in [2.45, 2.75) is 44.0 Å². The molecule has 0 atom stereocenters. The summed E-state index contributed by atoms with van der Waals surface area (Å²) in [5.41, 5.74) is 2.21. The van der Waals surface area contributed by atoms with Crippen molar-refractivity contribution in [2.24, 2.45) is 0 Å². The molecule has 0 spiro atoms. The predicted molar refractivity (Wildman–Crippen MR) is 112 cm³/mol. The zero-order chi connectivity index (χ0) is 21.0. The maximum atomic E-state index is 12.3. The van der Waals surface area contributed by atoms with Gasteiger partial charge >= 0.3 is 0 Å². The molecule has 0 bridgehead atoms. The van der Waals surface area contributed by atoms with Crippen LogP contribution in [0.5, 0.6) is 0 Å². The molecular weight excluding hydrogens is 390 g/mol. The Morgan fingerprint density at radius 3 is 2.28 bits per heavy atom. The van der Waals surface area contributed by atoms with E-state index in [0.717, 1.165) is 24.2 Å². The molecule has 2 aromatic carbocycles. The molecule has 0 aromatic heterocycles. The van der Waals surface area contributed by atoms with Crippen molar-refractivity contribution >= 4 is 33.2 Å². The van der Waals surface area contributed by atoms with Crippen LogP contribution in [-0.4, -0.2) is 32.8 Å². The van der Waals surface area contributed by atoms with Crippen molar-refractivity contribution < 1.29 is 18.0 Å². The number of sulfonamides is 1. The summed E-state index contributed by atoms with van der Waals surface area (Å²) in [6.07, 6.45) is 1.64. The second kappa shape index (κ2) is 8.75. The van der Waals surface area contributed by atoms with E-state index < -0.39 is 10.0 Å². The molecule has 0 unspecified atom stereocenters. The zero-order valence-corrected chi connectivity index (χ0v) is 17.3. The average Bonchev–Trinajstić information content (AvgIpc) is 3.07. The van der Waals surface area contributed by atoms with Crippen molar-refractivity contribution in [3.8, 4) is 0 Å². The molecule has 2 N–H and O–H groups in total. The number of nitrogens with zero attached hydrogens (tertiary/aromatic N) is 1. The minimum atomic E-state index is -3.56. The number of hydrogen-bond acceptors (Lipinski definition) is 4. The third kappa shape index (κ3) is 5.42. The number of carbonyl (C=O) groups is 2. The fourth-order valence-corrected chi connectivity index (χ4v) is 4.45. The minimum Gasteiger partial charge on any atom is -0.326 e. The van der Waals surface area contributed by atoms with Gasteiger partial charge in [-0.25, -0.2) is 13.1 Å². The maximum Gasteiger partial charge on any atom is 0.240 e. The summed E-state index contributed by atoms with van der Waals surface area (Å²) in [7, 11) is -3.56. The molecule has 3 rings (SSSR count). The number of anilines is 2. The van der Waals surface area contributed by atoms with Gasteiger partial charge in [-0.1, -0.05) is 12.1 Å². The number of benzene rings is 2. The van der Waals surface area contributed by atoms with Crippen LogP contribution in [0.4, 0.5) is 11.4 Å². The van der Waals surface area contributed by atoms with Crippen molar-refractivity contribution in [3.05, 3.63) is 54.1 Å². The molecule has 1 aliphatic heterocycles. The SMILES string of the molecule is CC(C)NS(=O)(=O)c1ccc(NC(=O)Cc2ccc(N3CCCC3=O)cc2)cc1. The van der Waals surface area contributed by atoms with Crippen LogP contribution in [0.15, 0.2) is 53.4 Å². The largest absolute Gasteiger partial charge is 0.326 e. The minimum absolute atomic E-state index is 0.129. The van der Waals surface area contributed by atoms with Gasteiger partial charge in [0.25, 0.3) is 0 Å². The number of nitrogens with one attached hydrogen (secondary N) is 2. The number of rotatable bonds is 7. The molecule has 0 saturated carbocycles. The molecule has 29 heavy (non-hydrogen) atoms. The summed E-state index contributed by atoms with van der Waals surface area (Å²) >= 11 is 0. The molecule has 154 valence electrons. The van der Waals surface area contributed by atoms with E-state index in [1.165, 1.54) is 12.1 Å². The average molecular weight is 416 g/mol. The highest BCUT2D eigenvalue weighted by atomic mass is 32.2. The third-order valence-electron chi connectivity index (χ3n) is 4.53. The molecule has 2 aromatic rings. The Bertz CT molecular complexity index is 984. The highest BCUT2D eigenvalue weighted by Crippen LogP contribution is 2.22. The van der Waals surface area contributed by atoms with Crippen molar-refractivity contribution in [1.29, 1.82) is 0 Å². The molecule has 8 heteroatoms. The Hall–Kier alpha value is -2.71. The van der Waals surface area contributed by atoms with Crippen LogP contribution in [-0.2, 0) is 26.0 Å². The molecule has 1 fully saturated rings. The first-order valence-corrected chi connectivity index (χ1v) is 11.0. The van der Waals surface area contributed by atoms with E-state index in [9.17, 15) is 18.0 Å². The topological polar surface area (TPSA) is 95.6 Å².